The van der Waals surface area contributed by atoms with Crippen LogP contribution in [-0.4, -0.2) is 11.2 Å². The smallest absolute Gasteiger partial charge is 0.121 e. The van der Waals surface area contributed by atoms with Gasteiger partial charge in [0.15, 0.2) is 0 Å². The van der Waals surface area contributed by atoms with Gasteiger partial charge in [0.1, 0.15) is 5.75 Å². The van der Waals surface area contributed by atoms with Crippen molar-refractivity contribution in [3.05, 3.63) is 42.0 Å². The third-order valence-electron chi connectivity index (χ3n) is 2.73. The van der Waals surface area contributed by atoms with E-state index in [2.05, 4.69) is 6.58 Å². The fourth-order valence-electron chi connectivity index (χ4n) is 2.07. The van der Waals surface area contributed by atoms with Crippen molar-refractivity contribution in [3.63, 3.8) is 0 Å². The van der Waals surface area contributed by atoms with Gasteiger partial charge in [0.25, 0.3) is 0 Å². The predicted molar refractivity (Wildman–Crippen MR) is 59.8 cm³/mol. The molecule has 1 heterocycles. The molecule has 1 aliphatic rings. The summed E-state index contributed by atoms with van der Waals surface area (Å²) >= 11 is 0. The second-order valence-electron chi connectivity index (χ2n) is 4.15. The summed E-state index contributed by atoms with van der Waals surface area (Å²) in [5.74, 6) is 0.310. The predicted octanol–water partition coefficient (Wildman–Crippen LogP) is 3.19. The molecule has 15 heavy (non-hydrogen) atoms. The summed E-state index contributed by atoms with van der Waals surface area (Å²) in [7, 11) is 0. The molecule has 2 nitrogen and oxygen atoms in total. The van der Waals surface area contributed by atoms with Gasteiger partial charge in [-0.3, -0.25) is 0 Å². The number of hydrogen-bond acceptors (Lipinski definition) is 2. The van der Waals surface area contributed by atoms with Crippen LogP contribution in [0.2, 0.25) is 0 Å². The molecule has 1 N–H and O–H groups in total. The van der Waals surface area contributed by atoms with E-state index >= 15 is 0 Å². The molecule has 0 amide bonds. The van der Waals surface area contributed by atoms with E-state index in [1.54, 1.807) is 6.07 Å². The lowest BCUT2D eigenvalue weighted by Crippen LogP contribution is -2.20. The van der Waals surface area contributed by atoms with Crippen molar-refractivity contribution in [2.24, 2.45) is 0 Å². The van der Waals surface area contributed by atoms with Gasteiger partial charge in [-0.2, -0.15) is 0 Å². The van der Waals surface area contributed by atoms with Gasteiger partial charge in [0.05, 0.1) is 12.2 Å². The Labute approximate surface area is 90.2 Å². The average molecular weight is 204 g/mol. The number of benzene rings is 1. The van der Waals surface area contributed by atoms with Crippen LogP contribution in [0.25, 0.3) is 0 Å². The molecule has 2 heteroatoms. The topological polar surface area (TPSA) is 29.5 Å². The summed E-state index contributed by atoms with van der Waals surface area (Å²) < 4.78 is 5.80. The molecule has 0 aliphatic carbocycles. The molecule has 0 aromatic heterocycles. The maximum absolute atomic E-state index is 9.73. The average Bonchev–Trinajstić information content (AvgIpc) is 2.16. The van der Waals surface area contributed by atoms with Crippen LogP contribution in [0.1, 0.15) is 31.4 Å². The second kappa shape index (κ2) is 4.07. The summed E-state index contributed by atoms with van der Waals surface area (Å²) in [5, 5.41) is 9.73. The first-order chi connectivity index (χ1) is 7.16. The molecule has 1 aromatic carbocycles. The van der Waals surface area contributed by atoms with Crippen molar-refractivity contribution in [3.8, 4) is 5.75 Å². The normalized spacial score (nSPS) is 26.6. The monoisotopic (exact) mass is 204 g/mol. The van der Waals surface area contributed by atoms with Crippen LogP contribution in [0.3, 0.4) is 0 Å². The molecule has 1 fully saturated rings. The molecule has 0 spiro atoms. The van der Waals surface area contributed by atoms with E-state index in [0.29, 0.717) is 5.75 Å². The van der Waals surface area contributed by atoms with E-state index in [9.17, 15) is 5.11 Å². The molecule has 1 aliphatic heterocycles. The summed E-state index contributed by atoms with van der Waals surface area (Å²) in [6, 6.07) is 7.34. The van der Waals surface area contributed by atoms with Gasteiger partial charge in [-0.25, -0.2) is 0 Å². The molecule has 0 unspecified atom stereocenters. The van der Waals surface area contributed by atoms with Crippen LogP contribution < -0.4 is 0 Å². The summed E-state index contributed by atoms with van der Waals surface area (Å²) in [6.07, 6.45) is 1.88. The standard InChI is InChI=1S/C13H16O2/c1-9-7-10(2)15-13(8-9)11-5-3-4-6-12(11)14/h3-6,10,13-14H,1,7-8H2,2H3/t10-,13+/m0/s1. The van der Waals surface area contributed by atoms with Crippen LogP contribution in [0.5, 0.6) is 5.75 Å². The SMILES string of the molecule is C=C1C[C@H](C)O[C@@H](c2ccccc2O)C1. The van der Waals surface area contributed by atoms with Crippen LogP contribution in [0, 0.1) is 0 Å². The highest BCUT2D eigenvalue weighted by molar-refractivity contribution is 5.34. The number of ether oxygens (including phenoxy) is 1. The van der Waals surface area contributed by atoms with Crippen molar-refractivity contribution in [2.75, 3.05) is 0 Å². The van der Waals surface area contributed by atoms with Gasteiger partial charge in [-0.15, -0.1) is 0 Å². The number of phenols is 1. The summed E-state index contributed by atoms with van der Waals surface area (Å²) in [4.78, 5) is 0. The van der Waals surface area contributed by atoms with Crippen molar-refractivity contribution >= 4 is 0 Å². The third-order valence-corrected chi connectivity index (χ3v) is 2.73. The minimum absolute atomic E-state index is 0.0394. The molecular weight excluding hydrogens is 188 g/mol. The summed E-state index contributed by atoms with van der Waals surface area (Å²) in [5.41, 5.74) is 2.06. The first-order valence-corrected chi connectivity index (χ1v) is 5.27. The lowest BCUT2D eigenvalue weighted by atomic mass is 9.95. The van der Waals surface area contributed by atoms with Crippen LogP contribution >= 0.6 is 0 Å². The van der Waals surface area contributed by atoms with Gasteiger partial charge in [0.2, 0.25) is 0 Å². The van der Waals surface area contributed by atoms with Crippen LogP contribution in [0.15, 0.2) is 36.4 Å². The van der Waals surface area contributed by atoms with Crippen LogP contribution in [-0.2, 0) is 4.74 Å². The number of phenolic OH excluding ortho intramolecular Hbond substituents is 1. The van der Waals surface area contributed by atoms with E-state index in [-0.39, 0.29) is 12.2 Å². The van der Waals surface area contributed by atoms with E-state index in [1.807, 2.05) is 25.1 Å². The van der Waals surface area contributed by atoms with E-state index in [0.717, 1.165) is 18.4 Å². The number of rotatable bonds is 1. The molecule has 1 aromatic rings. The maximum atomic E-state index is 9.73. The van der Waals surface area contributed by atoms with Crippen molar-refractivity contribution < 1.29 is 9.84 Å². The maximum Gasteiger partial charge on any atom is 0.121 e. The number of aromatic hydroxyl groups is 1. The second-order valence-corrected chi connectivity index (χ2v) is 4.15. The van der Waals surface area contributed by atoms with E-state index in [1.165, 1.54) is 5.57 Å². The summed E-state index contributed by atoms with van der Waals surface area (Å²) in [6.45, 7) is 6.05. The lowest BCUT2D eigenvalue weighted by Gasteiger charge is -2.30. The molecule has 0 radical (unpaired) electrons. The molecule has 2 atom stereocenters. The Balaban J connectivity index is 2.23. The number of para-hydroxylation sites is 1. The highest BCUT2D eigenvalue weighted by Gasteiger charge is 2.24. The van der Waals surface area contributed by atoms with Gasteiger partial charge in [0, 0.05) is 5.56 Å². The highest BCUT2D eigenvalue weighted by atomic mass is 16.5. The highest BCUT2D eigenvalue weighted by Crippen LogP contribution is 2.37. The Morgan fingerprint density at radius 3 is 2.73 bits per heavy atom. The van der Waals surface area contributed by atoms with Crippen molar-refractivity contribution in [2.45, 2.75) is 32.0 Å². The molecule has 80 valence electrons. The Morgan fingerprint density at radius 1 is 1.33 bits per heavy atom. The fourth-order valence-corrected chi connectivity index (χ4v) is 2.07. The first kappa shape index (κ1) is 10.2. The third kappa shape index (κ3) is 2.21. The number of hydrogen-bond donors (Lipinski definition) is 1. The minimum atomic E-state index is -0.0394. The van der Waals surface area contributed by atoms with E-state index < -0.39 is 0 Å². The molecule has 2 rings (SSSR count). The molecular formula is C13H16O2. The Hall–Kier alpha value is -1.28. The van der Waals surface area contributed by atoms with Gasteiger partial charge < -0.3 is 9.84 Å². The van der Waals surface area contributed by atoms with E-state index in [4.69, 9.17) is 4.74 Å². The first-order valence-electron chi connectivity index (χ1n) is 5.27. The van der Waals surface area contributed by atoms with Gasteiger partial charge in [-0.1, -0.05) is 30.4 Å². The quantitative estimate of drug-likeness (QED) is 0.712. The Bertz CT molecular complexity index is 371. The molecule has 0 saturated carbocycles. The van der Waals surface area contributed by atoms with Crippen molar-refractivity contribution in [1.29, 1.82) is 0 Å². The van der Waals surface area contributed by atoms with Gasteiger partial charge in [-0.05, 0) is 25.8 Å². The Kier molecular flexibility index (Phi) is 2.78. The lowest BCUT2D eigenvalue weighted by molar-refractivity contribution is -0.0233. The molecule has 0 bridgehead atoms. The zero-order valence-electron chi connectivity index (χ0n) is 8.94. The molecule has 1 saturated heterocycles. The Morgan fingerprint density at radius 2 is 2.07 bits per heavy atom. The van der Waals surface area contributed by atoms with Crippen molar-refractivity contribution in [1.82, 2.24) is 0 Å². The van der Waals surface area contributed by atoms with Crippen LogP contribution in [0.4, 0.5) is 0 Å². The largest absolute Gasteiger partial charge is 0.508 e. The fraction of sp³-hybridized carbons (Fsp3) is 0.385. The zero-order valence-corrected chi connectivity index (χ0v) is 8.94. The minimum Gasteiger partial charge on any atom is -0.508 e. The zero-order chi connectivity index (χ0) is 10.8. The van der Waals surface area contributed by atoms with Gasteiger partial charge >= 0.3 is 0 Å².